The highest BCUT2D eigenvalue weighted by Crippen LogP contribution is 2.36. The third-order valence-electron chi connectivity index (χ3n) is 4.05. The van der Waals surface area contributed by atoms with Crippen LogP contribution in [0.3, 0.4) is 0 Å². The number of nitrogens with one attached hydrogen (secondary N) is 1. The van der Waals surface area contributed by atoms with E-state index in [2.05, 4.69) is 5.32 Å². The van der Waals surface area contributed by atoms with E-state index in [4.69, 9.17) is 4.74 Å². The Morgan fingerprint density at radius 3 is 2.56 bits per heavy atom. The molecule has 0 aromatic heterocycles. The van der Waals surface area contributed by atoms with Crippen molar-refractivity contribution in [2.24, 2.45) is 0 Å². The highest BCUT2D eigenvalue weighted by Gasteiger charge is 2.34. The quantitative estimate of drug-likeness (QED) is 0.607. The number of aryl methyl sites for hydroxylation is 2. The van der Waals surface area contributed by atoms with E-state index < -0.39 is 29.4 Å². The summed E-state index contributed by atoms with van der Waals surface area (Å²) < 4.78 is 59.7. The second-order valence-corrected chi connectivity index (χ2v) is 6.58. The molecule has 0 heterocycles. The molecule has 2 aromatic carbocycles. The van der Waals surface area contributed by atoms with Crippen LogP contribution in [0, 0.1) is 12.7 Å². The van der Waals surface area contributed by atoms with E-state index in [0.29, 0.717) is 6.42 Å². The molecule has 0 atom stereocenters. The summed E-state index contributed by atoms with van der Waals surface area (Å²) in [6, 6.07) is 6.23. The van der Waals surface area contributed by atoms with Gasteiger partial charge >= 0.3 is 6.18 Å². The molecule has 0 aliphatic heterocycles. The molecule has 0 saturated heterocycles. The van der Waals surface area contributed by atoms with Gasteiger partial charge in [-0.05, 0) is 55.0 Å². The Balaban J connectivity index is 2.39. The molecule has 0 saturated carbocycles. The number of alkyl halides is 3. The maximum absolute atomic E-state index is 14.2. The Kier molecular flexibility index (Phi) is 6.75. The fourth-order valence-electron chi connectivity index (χ4n) is 2.62. The number of thioether (sulfide) groups is 1. The molecule has 0 spiro atoms. The second kappa shape index (κ2) is 8.65. The molecule has 2 rings (SSSR count). The number of carbonyl (C=O) groups is 1. The standard InChI is InChI=1S/C19H19F4NO2S/c1-4-12-9-15(20)17(8-11(12)2)26-10-13-14(19(21,22)23)6-5-7-16(13)24-18(25)27-3/h5-9H,4,10H2,1-3H3,(H,24,25). The number of hydrogen-bond acceptors (Lipinski definition) is 3. The summed E-state index contributed by atoms with van der Waals surface area (Å²) in [6.45, 7) is 3.11. The van der Waals surface area contributed by atoms with Crippen LogP contribution in [0.2, 0.25) is 0 Å². The van der Waals surface area contributed by atoms with Crippen LogP contribution in [0.5, 0.6) is 5.75 Å². The van der Waals surface area contributed by atoms with Crippen molar-refractivity contribution in [2.75, 3.05) is 11.6 Å². The van der Waals surface area contributed by atoms with Crippen LogP contribution < -0.4 is 10.1 Å². The van der Waals surface area contributed by atoms with Crippen LogP contribution in [-0.2, 0) is 19.2 Å². The highest BCUT2D eigenvalue weighted by molar-refractivity contribution is 8.13. The molecule has 0 radical (unpaired) electrons. The zero-order valence-corrected chi connectivity index (χ0v) is 15.9. The molecule has 0 fully saturated rings. The maximum atomic E-state index is 14.2. The van der Waals surface area contributed by atoms with Gasteiger partial charge in [-0.25, -0.2) is 4.39 Å². The summed E-state index contributed by atoms with van der Waals surface area (Å²) >= 11 is 0.833. The molecule has 0 aliphatic rings. The molecular weight excluding hydrogens is 382 g/mol. The Morgan fingerprint density at radius 1 is 1.26 bits per heavy atom. The van der Waals surface area contributed by atoms with E-state index in [9.17, 15) is 22.4 Å². The van der Waals surface area contributed by atoms with Gasteiger partial charge in [0.15, 0.2) is 11.6 Å². The largest absolute Gasteiger partial charge is 0.486 e. The number of hydrogen-bond donors (Lipinski definition) is 1. The smallest absolute Gasteiger partial charge is 0.416 e. The van der Waals surface area contributed by atoms with Crippen molar-refractivity contribution in [2.45, 2.75) is 33.1 Å². The van der Waals surface area contributed by atoms with Crippen molar-refractivity contribution in [1.29, 1.82) is 0 Å². The number of halogens is 4. The first-order chi connectivity index (χ1) is 12.7. The lowest BCUT2D eigenvalue weighted by molar-refractivity contribution is -0.138. The van der Waals surface area contributed by atoms with Crippen molar-refractivity contribution in [1.82, 2.24) is 0 Å². The third-order valence-corrected chi connectivity index (χ3v) is 4.52. The average molecular weight is 401 g/mol. The van der Waals surface area contributed by atoms with Crippen LogP contribution in [-0.4, -0.2) is 11.5 Å². The molecule has 1 N–H and O–H groups in total. The monoisotopic (exact) mass is 401 g/mol. The van der Waals surface area contributed by atoms with Crippen molar-refractivity contribution in [3.8, 4) is 5.75 Å². The van der Waals surface area contributed by atoms with Gasteiger partial charge < -0.3 is 10.1 Å². The Labute approximate surface area is 159 Å². The first-order valence-electron chi connectivity index (χ1n) is 8.13. The summed E-state index contributed by atoms with van der Waals surface area (Å²) in [5.41, 5.74) is 0.358. The molecule has 0 bridgehead atoms. The number of carbonyl (C=O) groups excluding carboxylic acids is 1. The number of ether oxygens (including phenoxy) is 1. The summed E-state index contributed by atoms with van der Waals surface area (Å²) in [4.78, 5) is 11.6. The lowest BCUT2D eigenvalue weighted by Crippen LogP contribution is -2.15. The van der Waals surface area contributed by atoms with Crippen molar-refractivity contribution in [3.63, 3.8) is 0 Å². The molecule has 27 heavy (non-hydrogen) atoms. The van der Waals surface area contributed by atoms with Crippen LogP contribution in [0.15, 0.2) is 30.3 Å². The topological polar surface area (TPSA) is 38.3 Å². The number of amides is 1. The third kappa shape index (κ3) is 5.15. The van der Waals surface area contributed by atoms with E-state index >= 15 is 0 Å². The van der Waals surface area contributed by atoms with E-state index in [0.717, 1.165) is 29.0 Å². The van der Waals surface area contributed by atoms with E-state index in [1.807, 2.05) is 6.92 Å². The van der Waals surface area contributed by atoms with Crippen LogP contribution in [0.25, 0.3) is 0 Å². The van der Waals surface area contributed by atoms with E-state index in [1.165, 1.54) is 30.5 Å². The molecule has 0 aliphatic carbocycles. The Hall–Kier alpha value is -2.22. The van der Waals surface area contributed by atoms with E-state index in [-0.39, 0.29) is 17.0 Å². The first-order valence-corrected chi connectivity index (χ1v) is 9.35. The molecule has 0 unspecified atom stereocenters. The molecular formula is C19H19F4NO2S. The van der Waals surface area contributed by atoms with Gasteiger partial charge in [-0.15, -0.1) is 0 Å². The van der Waals surface area contributed by atoms with Gasteiger partial charge in [-0.3, -0.25) is 4.79 Å². The summed E-state index contributed by atoms with van der Waals surface area (Å²) in [7, 11) is 0. The van der Waals surface area contributed by atoms with Gasteiger partial charge in [-0.1, -0.05) is 24.8 Å². The van der Waals surface area contributed by atoms with Crippen molar-refractivity contribution in [3.05, 3.63) is 58.4 Å². The summed E-state index contributed by atoms with van der Waals surface area (Å²) in [6.07, 6.45) is -2.50. The van der Waals surface area contributed by atoms with Crippen molar-refractivity contribution >= 4 is 22.7 Å². The van der Waals surface area contributed by atoms with Gasteiger partial charge in [0.25, 0.3) is 5.24 Å². The minimum absolute atomic E-state index is 0.0218. The number of anilines is 1. The van der Waals surface area contributed by atoms with Crippen LogP contribution >= 0.6 is 11.8 Å². The fourth-order valence-corrected chi connectivity index (χ4v) is 2.84. The van der Waals surface area contributed by atoms with Gasteiger partial charge in [0.1, 0.15) is 6.61 Å². The predicted molar refractivity (Wildman–Crippen MR) is 98.8 cm³/mol. The molecule has 146 valence electrons. The van der Waals surface area contributed by atoms with Gasteiger partial charge in [-0.2, -0.15) is 13.2 Å². The number of rotatable bonds is 5. The first kappa shape index (κ1) is 21.1. The fraction of sp³-hybridized carbons (Fsp3) is 0.316. The van der Waals surface area contributed by atoms with Gasteiger partial charge in [0, 0.05) is 11.3 Å². The SMILES string of the molecule is CCc1cc(F)c(OCc2c(NC(=O)SC)cccc2C(F)(F)F)cc1C. The van der Waals surface area contributed by atoms with Gasteiger partial charge in [0.2, 0.25) is 0 Å². The number of benzene rings is 2. The van der Waals surface area contributed by atoms with E-state index in [1.54, 1.807) is 6.92 Å². The zero-order chi connectivity index (χ0) is 20.2. The molecule has 2 aromatic rings. The Morgan fingerprint density at radius 2 is 1.96 bits per heavy atom. The minimum Gasteiger partial charge on any atom is -0.486 e. The average Bonchev–Trinajstić information content (AvgIpc) is 2.61. The second-order valence-electron chi connectivity index (χ2n) is 5.80. The predicted octanol–water partition coefficient (Wildman–Crippen LogP) is 6.19. The Bertz CT molecular complexity index is 837. The van der Waals surface area contributed by atoms with Crippen molar-refractivity contribution < 1.29 is 27.1 Å². The zero-order valence-electron chi connectivity index (χ0n) is 15.0. The van der Waals surface area contributed by atoms with Crippen LogP contribution in [0.4, 0.5) is 28.0 Å². The summed E-state index contributed by atoms with van der Waals surface area (Å²) in [5, 5.41) is 1.89. The maximum Gasteiger partial charge on any atom is 0.416 e. The molecule has 1 amide bonds. The minimum atomic E-state index is -4.64. The highest BCUT2D eigenvalue weighted by atomic mass is 32.2. The molecule has 8 heteroatoms. The molecule has 3 nitrogen and oxygen atoms in total. The lowest BCUT2D eigenvalue weighted by atomic mass is 10.0. The van der Waals surface area contributed by atoms with Crippen LogP contribution in [0.1, 0.15) is 29.2 Å². The lowest BCUT2D eigenvalue weighted by Gasteiger charge is -2.18. The normalized spacial score (nSPS) is 11.4. The summed E-state index contributed by atoms with van der Waals surface area (Å²) in [5.74, 6) is -0.777. The van der Waals surface area contributed by atoms with Gasteiger partial charge in [0.05, 0.1) is 5.56 Å².